The minimum Gasteiger partial charge on any atom is -0.462 e. The van der Waals surface area contributed by atoms with E-state index in [-0.39, 0.29) is 18.5 Å². The van der Waals surface area contributed by atoms with Crippen molar-refractivity contribution in [1.82, 2.24) is 0 Å². The molecule has 0 aliphatic heterocycles. The van der Waals surface area contributed by atoms with E-state index in [4.69, 9.17) is 14.2 Å². The second kappa shape index (κ2) is 50.3. The summed E-state index contributed by atoms with van der Waals surface area (Å²) in [6.45, 7) is 7.90. The van der Waals surface area contributed by atoms with Gasteiger partial charge in [-0.2, -0.15) is 0 Å². The first kappa shape index (κ1) is 56.9. The van der Waals surface area contributed by atoms with Gasteiger partial charge in [-0.1, -0.05) is 271 Å². The standard InChI is InChI=1S/C53H104O5/c1-4-7-10-13-16-19-22-24-25-26-27-28-29-30-32-34-37-40-43-46-52(54)57-50-51(49-56-48-45-42-39-36-33-23-20-17-14-11-8-5-2)58-53(55)47-44-41-38-35-31-21-18-15-12-9-6-3/h51H,4-50H2,1-3H3. The lowest BCUT2D eigenvalue weighted by molar-refractivity contribution is -0.163. The van der Waals surface area contributed by atoms with Crippen LogP contribution in [0.1, 0.15) is 303 Å². The smallest absolute Gasteiger partial charge is 0.306 e. The molecule has 58 heavy (non-hydrogen) atoms. The van der Waals surface area contributed by atoms with Gasteiger partial charge in [-0.25, -0.2) is 0 Å². The van der Waals surface area contributed by atoms with E-state index >= 15 is 0 Å². The van der Waals surface area contributed by atoms with Crippen LogP contribution in [0.15, 0.2) is 0 Å². The van der Waals surface area contributed by atoms with Gasteiger partial charge in [0.1, 0.15) is 6.61 Å². The minimum atomic E-state index is -0.522. The third-order valence-electron chi connectivity index (χ3n) is 12.1. The molecule has 5 nitrogen and oxygen atoms in total. The minimum absolute atomic E-state index is 0.0976. The lowest BCUT2D eigenvalue weighted by atomic mass is 10.0. The molecule has 0 saturated carbocycles. The van der Waals surface area contributed by atoms with Crippen LogP contribution in [-0.2, 0) is 23.8 Å². The van der Waals surface area contributed by atoms with Crippen molar-refractivity contribution in [3.8, 4) is 0 Å². The first-order chi connectivity index (χ1) is 28.6. The summed E-state index contributed by atoms with van der Waals surface area (Å²) in [5.41, 5.74) is 0. The number of carbonyl (C=O) groups excluding carboxylic acids is 2. The van der Waals surface area contributed by atoms with E-state index in [2.05, 4.69) is 20.8 Å². The van der Waals surface area contributed by atoms with E-state index in [1.165, 1.54) is 238 Å². The van der Waals surface area contributed by atoms with Crippen molar-refractivity contribution in [1.29, 1.82) is 0 Å². The molecule has 0 aromatic carbocycles. The maximum Gasteiger partial charge on any atom is 0.306 e. The Hall–Kier alpha value is -1.10. The Bertz CT molecular complexity index is 799. The zero-order chi connectivity index (χ0) is 42.1. The second-order valence-electron chi connectivity index (χ2n) is 18.2. The Balaban J connectivity index is 4.10. The van der Waals surface area contributed by atoms with Crippen LogP contribution in [0.2, 0.25) is 0 Å². The van der Waals surface area contributed by atoms with Crippen molar-refractivity contribution in [3.63, 3.8) is 0 Å². The predicted molar refractivity (Wildman–Crippen MR) is 252 cm³/mol. The van der Waals surface area contributed by atoms with Crippen LogP contribution < -0.4 is 0 Å². The molecule has 0 N–H and O–H groups in total. The molecule has 0 spiro atoms. The van der Waals surface area contributed by atoms with Gasteiger partial charge in [0.05, 0.1) is 6.61 Å². The van der Waals surface area contributed by atoms with Gasteiger partial charge in [0, 0.05) is 19.4 Å². The molecule has 5 heteroatoms. The number of hydrogen-bond donors (Lipinski definition) is 0. The average molecular weight is 821 g/mol. The zero-order valence-electron chi connectivity index (χ0n) is 39.9. The van der Waals surface area contributed by atoms with Crippen molar-refractivity contribution >= 4 is 11.9 Å². The summed E-state index contributed by atoms with van der Waals surface area (Å²) in [7, 11) is 0. The number of carbonyl (C=O) groups is 2. The Labute approximate surface area is 363 Å². The molecular weight excluding hydrogens is 717 g/mol. The number of esters is 2. The molecule has 0 aliphatic carbocycles. The van der Waals surface area contributed by atoms with Crippen molar-refractivity contribution < 1.29 is 23.8 Å². The van der Waals surface area contributed by atoms with Gasteiger partial charge in [0.2, 0.25) is 0 Å². The molecule has 0 saturated heterocycles. The predicted octanol–water partition coefficient (Wildman–Crippen LogP) is 17.7. The van der Waals surface area contributed by atoms with E-state index in [0.717, 1.165) is 32.1 Å². The molecule has 0 rings (SSSR count). The van der Waals surface area contributed by atoms with Gasteiger partial charge in [-0.05, 0) is 19.3 Å². The zero-order valence-corrected chi connectivity index (χ0v) is 39.9. The third kappa shape index (κ3) is 47.6. The molecule has 346 valence electrons. The van der Waals surface area contributed by atoms with E-state index in [0.29, 0.717) is 26.1 Å². The average Bonchev–Trinajstić information content (AvgIpc) is 3.22. The molecule has 0 amide bonds. The van der Waals surface area contributed by atoms with E-state index < -0.39 is 6.10 Å². The van der Waals surface area contributed by atoms with Gasteiger partial charge in [-0.3, -0.25) is 9.59 Å². The lowest BCUT2D eigenvalue weighted by Gasteiger charge is -2.18. The highest BCUT2D eigenvalue weighted by Gasteiger charge is 2.17. The molecule has 0 bridgehead atoms. The van der Waals surface area contributed by atoms with Gasteiger partial charge < -0.3 is 14.2 Å². The van der Waals surface area contributed by atoms with Crippen LogP contribution in [0.5, 0.6) is 0 Å². The van der Waals surface area contributed by atoms with Crippen molar-refractivity contribution in [2.45, 2.75) is 309 Å². The van der Waals surface area contributed by atoms with Gasteiger partial charge in [0.15, 0.2) is 6.10 Å². The number of unbranched alkanes of at least 4 members (excludes halogenated alkanes) is 39. The number of ether oxygens (including phenoxy) is 3. The molecule has 0 aliphatic rings. The topological polar surface area (TPSA) is 61.8 Å². The lowest BCUT2D eigenvalue weighted by Crippen LogP contribution is -2.30. The molecule has 0 aromatic heterocycles. The fourth-order valence-corrected chi connectivity index (χ4v) is 8.16. The van der Waals surface area contributed by atoms with Crippen molar-refractivity contribution in [2.75, 3.05) is 19.8 Å². The highest BCUT2D eigenvalue weighted by molar-refractivity contribution is 5.70. The second-order valence-corrected chi connectivity index (χ2v) is 18.2. The quantitative estimate of drug-likeness (QED) is 0.0452. The molecule has 0 fully saturated rings. The summed E-state index contributed by atoms with van der Waals surface area (Å²) < 4.78 is 17.4. The van der Waals surface area contributed by atoms with Crippen LogP contribution >= 0.6 is 0 Å². The Kier molecular flexibility index (Phi) is 49.3. The molecule has 0 aromatic rings. The van der Waals surface area contributed by atoms with Gasteiger partial charge in [-0.15, -0.1) is 0 Å². The highest BCUT2D eigenvalue weighted by Crippen LogP contribution is 2.17. The molecule has 1 unspecified atom stereocenters. The fourth-order valence-electron chi connectivity index (χ4n) is 8.16. The summed E-state index contributed by atoms with van der Waals surface area (Å²) >= 11 is 0. The normalized spacial score (nSPS) is 12.0. The number of rotatable bonds is 50. The first-order valence-corrected chi connectivity index (χ1v) is 26.6. The number of hydrogen-bond acceptors (Lipinski definition) is 5. The Morgan fingerprint density at radius 2 is 0.569 bits per heavy atom. The first-order valence-electron chi connectivity index (χ1n) is 26.6. The van der Waals surface area contributed by atoms with Crippen molar-refractivity contribution in [3.05, 3.63) is 0 Å². The van der Waals surface area contributed by atoms with Crippen molar-refractivity contribution in [2.24, 2.45) is 0 Å². The van der Waals surface area contributed by atoms with E-state index in [1.807, 2.05) is 0 Å². The van der Waals surface area contributed by atoms with Crippen LogP contribution in [0.4, 0.5) is 0 Å². The highest BCUT2D eigenvalue weighted by atomic mass is 16.6. The molecular formula is C53H104O5. The summed E-state index contributed by atoms with van der Waals surface area (Å²) in [5, 5.41) is 0. The Morgan fingerprint density at radius 3 is 0.879 bits per heavy atom. The summed E-state index contributed by atoms with van der Waals surface area (Å²) in [6, 6.07) is 0. The fraction of sp³-hybridized carbons (Fsp3) is 0.962. The van der Waals surface area contributed by atoms with Crippen LogP contribution in [0, 0.1) is 0 Å². The maximum absolute atomic E-state index is 12.7. The van der Waals surface area contributed by atoms with E-state index in [9.17, 15) is 9.59 Å². The van der Waals surface area contributed by atoms with Gasteiger partial charge >= 0.3 is 11.9 Å². The van der Waals surface area contributed by atoms with Gasteiger partial charge in [0.25, 0.3) is 0 Å². The van der Waals surface area contributed by atoms with E-state index in [1.54, 1.807) is 0 Å². The van der Waals surface area contributed by atoms with Crippen LogP contribution in [0.3, 0.4) is 0 Å². The molecule has 1 atom stereocenters. The Morgan fingerprint density at radius 1 is 0.310 bits per heavy atom. The van der Waals surface area contributed by atoms with Crippen LogP contribution in [-0.4, -0.2) is 37.9 Å². The largest absolute Gasteiger partial charge is 0.462 e. The summed E-state index contributed by atoms with van der Waals surface area (Å²) in [6.07, 6.45) is 55.4. The third-order valence-corrected chi connectivity index (χ3v) is 12.1. The maximum atomic E-state index is 12.7. The summed E-state index contributed by atoms with van der Waals surface area (Å²) in [5.74, 6) is -0.371. The van der Waals surface area contributed by atoms with Crippen LogP contribution in [0.25, 0.3) is 0 Å². The summed E-state index contributed by atoms with van der Waals surface area (Å²) in [4.78, 5) is 25.3. The monoisotopic (exact) mass is 821 g/mol. The SMILES string of the molecule is CCCCCCCCCCCCCCCCCCCCCC(=O)OCC(COCCCCCCCCCCCCCC)OC(=O)CCCCCCCCCCCCC. The molecule has 0 heterocycles. The molecule has 0 radical (unpaired) electrons.